The molecule has 0 unspecified atom stereocenters. The van der Waals surface area contributed by atoms with E-state index >= 15 is 0 Å². The molecular weight excluding hydrogens is 322 g/mol. The minimum atomic E-state index is -0.409. The van der Waals surface area contributed by atoms with Crippen LogP contribution in [0.5, 0.6) is 5.75 Å². The Labute approximate surface area is 145 Å². The molecule has 0 bridgehead atoms. The maximum Gasteiger partial charge on any atom is 0.228 e. The Hall–Kier alpha value is -2.83. The highest BCUT2D eigenvalue weighted by molar-refractivity contribution is 6.00. The highest BCUT2D eigenvalue weighted by atomic mass is 16.5. The molecule has 7 heteroatoms. The number of aromatic nitrogens is 1. The SMILES string of the molecule is CCc1cc(CN(C)C(=O)[C@@H]2CC(=O)N(c3cccc(O)c3)C2)on1. The molecule has 132 valence electrons. The van der Waals surface area contributed by atoms with Gasteiger partial charge in [-0.15, -0.1) is 0 Å². The van der Waals surface area contributed by atoms with E-state index in [1.807, 2.05) is 13.0 Å². The number of carbonyl (C=O) groups is 2. The lowest BCUT2D eigenvalue weighted by Crippen LogP contribution is -2.34. The van der Waals surface area contributed by atoms with Gasteiger partial charge in [0.15, 0.2) is 5.76 Å². The van der Waals surface area contributed by atoms with E-state index in [4.69, 9.17) is 4.52 Å². The van der Waals surface area contributed by atoms with Crippen LogP contribution in [0.1, 0.15) is 24.8 Å². The molecule has 2 heterocycles. The molecule has 7 nitrogen and oxygen atoms in total. The Balaban J connectivity index is 1.65. The number of carbonyl (C=O) groups excluding carboxylic acids is 2. The number of hydrogen-bond donors (Lipinski definition) is 1. The molecule has 0 radical (unpaired) electrons. The first-order valence-electron chi connectivity index (χ1n) is 8.26. The Bertz CT molecular complexity index is 786. The zero-order valence-electron chi connectivity index (χ0n) is 14.3. The summed E-state index contributed by atoms with van der Waals surface area (Å²) < 4.78 is 5.21. The molecule has 2 aromatic rings. The predicted octanol–water partition coefficient (Wildman–Crippen LogP) is 1.95. The van der Waals surface area contributed by atoms with Crippen molar-refractivity contribution in [3.63, 3.8) is 0 Å². The Kier molecular flexibility index (Phi) is 4.74. The number of anilines is 1. The Morgan fingerprint density at radius 3 is 2.92 bits per heavy atom. The number of phenols is 1. The van der Waals surface area contributed by atoms with E-state index in [0.29, 0.717) is 24.5 Å². The first-order chi connectivity index (χ1) is 12.0. The van der Waals surface area contributed by atoms with Gasteiger partial charge in [0.25, 0.3) is 0 Å². The minimum absolute atomic E-state index is 0.0919. The lowest BCUT2D eigenvalue weighted by molar-refractivity contribution is -0.135. The summed E-state index contributed by atoms with van der Waals surface area (Å²) in [6, 6.07) is 8.32. The summed E-state index contributed by atoms with van der Waals surface area (Å²) in [6.45, 7) is 2.61. The van der Waals surface area contributed by atoms with E-state index in [1.54, 1.807) is 35.0 Å². The lowest BCUT2D eigenvalue weighted by atomic mass is 10.1. The van der Waals surface area contributed by atoms with Crippen molar-refractivity contribution in [2.24, 2.45) is 5.92 Å². The van der Waals surface area contributed by atoms with Crippen LogP contribution in [0.25, 0.3) is 0 Å². The number of rotatable bonds is 5. The van der Waals surface area contributed by atoms with Crippen LogP contribution in [0, 0.1) is 5.92 Å². The molecule has 0 saturated carbocycles. The third kappa shape index (κ3) is 3.65. The van der Waals surface area contributed by atoms with Gasteiger partial charge < -0.3 is 19.4 Å². The fourth-order valence-electron chi connectivity index (χ4n) is 3.00. The van der Waals surface area contributed by atoms with Gasteiger partial charge in [-0.3, -0.25) is 9.59 Å². The minimum Gasteiger partial charge on any atom is -0.508 e. The van der Waals surface area contributed by atoms with Crippen LogP contribution in [-0.4, -0.2) is 40.6 Å². The quantitative estimate of drug-likeness (QED) is 0.897. The number of nitrogens with zero attached hydrogens (tertiary/aromatic N) is 3. The van der Waals surface area contributed by atoms with Gasteiger partial charge in [-0.05, 0) is 18.6 Å². The van der Waals surface area contributed by atoms with Crippen molar-refractivity contribution in [1.82, 2.24) is 10.1 Å². The molecule has 2 amide bonds. The standard InChI is InChI=1S/C18H21N3O4/c1-3-13-8-16(25-19-13)11-20(2)18(24)12-7-17(23)21(10-12)14-5-4-6-15(22)9-14/h4-6,8-9,12,22H,3,7,10-11H2,1-2H3/t12-/m1/s1. The second-order valence-corrected chi connectivity index (χ2v) is 6.26. The predicted molar refractivity (Wildman–Crippen MR) is 90.9 cm³/mol. The first kappa shape index (κ1) is 17.0. The van der Waals surface area contributed by atoms with Crippen molar-refractivity contribution in [2.75, 3.05) is 18.5 Å². The molecular formula is C18H21N3O4. The highest BCUT2D eigenvalue weighted by Gasteiger charge is 2.36. The maximum absolute atomic E-state index is 12.7. The Morgan fingerprint density at radius 1 is 1.44 bits per heavy atom. The van der Waals surface area contributed by atoms with Crippen molar-refractivity contribution in [3.8, 4) is 5.75 Å². The van der Waals surface area contributed by atoms with E-state index in [0.717, 1.165) is 12.1 Å². The van der Waals surface area contributed by atoms with Gasteiger partial charge in [-0.2, -0.15) is 0 Å². The zero-order chi connectivity index (χ0) is 18.0. The van der Waals surface area contributed by atoms with E-state index < -0.39 is 5.92 Å². The number of benzene rings is 1. The number of phenolic OH excluding ortho intramolecular Hbond substituents is 1. The number of aryl methyl sites for hydroxylation is 1. The summed E-state index contributed by atoms with van der Waals surface area (Å²) in [6.07, 6.45) is 0.937. The van der Waals surface area contributed by atoms with Crippen LogP contribution < -0.4 is 4.90 Å². The average Bonchev–Trinajstić information content (AvgIpc) is 3.20. The van der Waals surface area contributed by atoms with Crippen LogP contribution in [0.2, 0.25) is 0 Å². The van der Waals surface area contributed by atoms with Gasteiger partial charge in [0.1, 0.15) is 5.75 Å². The van der Waals surface area contributed by atoms with Crippen molar-refractivity contribution < 1.29 is 19.2 Å². The molecule has 0 aliphatic carbocycles. The first-order valence-corrected chi connectivity index (χ1v) is 8.26. The molecule has 25 heavy (non-hydrogen) atoms. The van der Waals surface area contributed by atoms with E-state index in [2.05, 4.69) is 5.16 Å². The number of amides is 2. The van der Waals surface area contributed by atoms with Crippen molar-refractivity contribution in [1.29, 1.82) is 0 Å². The molecule has 1 aromatic carbocycles. The number of aromatic hydroxyl groups is 1. The summed E-state index contributed by atoms with van der Waals surface area (Å²) in [4.78, 5) is 28.0. The van der Waals surface area contributed by atoms with E-state index in [1.165, 1.54) is 6.07 Å². The second-order valence-electron chi connectivity index (χ2n) is 6.26. The van der Waals surface area contributed by atoms with Crippen LogP contribution in [0.4, 0.5) is 5.69 Å². The lowest BCUT2D eigenvalue weighted by Gasteiger charge is -2.20. The Morgan fingerprint density at radius 2 is 2.24 bits per heavy atom. The summed E-state index contributed by atoms with van der Waals surface area (Å²) in [5.41, 5.74) is 1.45. The third-order valence-electron chi connectivity index (χ3n) is 4.35. The van der Waals surface area contributed by atoms with Gasteiger partial charge >= 0.3 is 0 Å². The van der Waals surface area contributed by atoms with E-state index in [-0.39, 0.29) is 24.0 Å². The molecule has 1 N–H and O–H groups in total. The molecule has 1 aliphatic rings. The van der Waals surface area contributed by atoms with Crippen LogP contribution >= 0.6 is 0 Å². The topological polar surface area (TPSA) is 86.9 Å². The summed E-state index contributed by atoms with van der Waals surface area (Å²) in [5.74, 6) is 0.0836. The van der Waals surface area contributed by atoms with Crippen LogP contribution in [0.15, 0.2) is 34.9 Å². The highest BCUT2D eigenvalue weighted by Crippen LogP contribution is 2.28. The fraction of sp³-hybridized carbons (Fsp3) is 0.389. The zero-order valence-corrected chi connectivity index (χ0v) is 14.3. The number of hydrogen-bond acceptors (Lipinski definition) is 5. The van der Waals surface area contributed by atoms with Crippen molar-refractivity contribution >= 4 is 17.5 Å². The van der Waals surface area contributed by atoms with Gasteiger partial charge in [0, 0.05) is 37.8 Å². The molecule has 3 rings (SSSR count). The normalized spacial score (nSPS) is 17.1. The summed E-state index contributed by atoms with van der Waals surface area (Å²) in [5, 5.41) is 13.5. The molecule has 1 aromatic heterocycles. The van der Waals surface area contributed by atoms with Crippen molar-refractivity contribution in [2.45, 2.75) is 26.3 Å². The monoisotopic (exact) mass is 343 g/mol. The van der Waals surface area contributed by atoms with Gasteiger partial charge in [0.2, 0.25) is 11.8 Å². The summed E-state index contributed by atoms with van der Waals surface area (Å²) in [7, 11) is 1.69. The van der Waals surface area contributed by atoms with E-state index in [9.17, 15) is 14.7 Å². The second kappa shape index (κ2) is 6.96. The molecule has 1 saturated heterocycles. The van der Waals surface area contributed by atoms with Crippen LogP contribution in [0.3, 0.4) is 0 Å². The third-order valence-corrected chi connectivity index (χ3v) is 4.35. The van der Waals surface area contributed by atoms with Gasteiger partial charge in [-0.25, -0.2) is 0 Å². The largest absolute Gasteiger partial charge is 0.508 e. The van der Waals surface area contributed by atoms with Crippen molar-refractivity contribution in [3.05, 3.63) is 41.8 Å². The average molecular weight is 343 g/mol. The molecule has 1 aliphatic heterocycles. The fourth-order valence-corrected chi connectivity index (χ4v) is 3.00. The summed E-state index contributed by atoms with van der Waals surface area (Å²) >= 11 is 0. The smallest absolute Gasteiger partial charge is 0.228 e. The van der Waals surface area contributed by atoms with Crippen LogP contribution in [-0.2, 0) is 22.6 Å². The molecule has 1 atom stereocenters. The molecule has 1 fully saturated rings. The van der Waals surface area contributed by atoms with Gasteiger partial charge in [0.05, 0.1) is 18.2 Å². The maximum atomic E-state index is 12.7. The van der Waals surface area contributed by atoms with Gasteiger partial charge in [-0.1, -0.05) is 18.1 Å². The molecule has 0 spiro atoms.